The maximum absolute atomic E-state index is 11.5. The van der Waals surface area contributed by atoms with Crippen molar-refractivity contribution in [2.75, 3.05) is 21.1 Å². The van der Waals surface area contributed by atoms with Crippen LogP contribution in [0.2, 0.25) is 0 Å². The van der Waals surface area contributed by atoms with Crippen LogP contribution < -0.4 is 0 Å². The van der Waals surface area contributed by atoms with Crippen LogP contribution in [-0.4, -0.2) is 54.2 Å². The molecule has 0 aliphatic heterocycles. The van der Waals surface area contributed by atoms with Gasteiger partial charge in [0.15, 0.2) is 0 Å². The van der Waals surface area contributed by atoms with Gasteiger partial charge in [0.05, 0.1) is 12.1 Å². The SMILES string of the molecule is CN(C)C(=O)N(C)[C@@H]1CCC[C@H]1O. The van der Waals surface area contributed by atoms with Crippen LogP contribution in [0.5, 0.6) is 0 Å². The van der Waals surface area contributed by atoms with Gasteiger partial charge in [-0.2, -0.15) is 0 Å². The number of rotatable bonds is 1. The van der Waals surface area contributed by atoms with Crippen molar-refractivity contribution >= 4 is 6.03 Å². The number of urea groups is 1. The number of aliphatic hydroxyl groups is 1. The number of hydrogen-bond donors (Lipinski definition) is 1. The zero-order valence-corrected chi connectivity index (χ0v) is 8.53. The molecule has 0 radical (unpaired) electrons. The minimum atomic E-state index is -0.339. The van der Waals surface area contributed by atoms with E-state index in [-0.39, 0.29) is 18.2 Å². The third-order valence-corrected chi connectivity index (χ3v) is 2.63. The van der Waals surface area contributed by atoms with Crippen LogP contribution in [-0.2, 0) is 0 Å². The Morgan fingerprint density at radius 2 is 1.92 bits per heavy atom. The highest BCUT2D eigenvalue weighted by Gasteiger charge is 2.31. The summed E-state index contributed by atoms with van der Waals surface area (Å²) in [6.07, 6.45) is 2.40. The molecule has 4 nitrogen and oxygen atoms in total. The van der Waals surface area contributed by atoms with Gasteiger partial charge < -0.3 is 14.9 Å². The number of nitrogens with zero attached hydrogens (tertiary/aromatic N) is 2. The Morgan fingerprint density at radius 3 is 2.31 bits per heavy atom. The summed E-state index contributed by atoms with van der Waals surface area (Å²) in [5.41, 5.74) is 0. The first-order valence-corrected chi connectivity index (χ1v) is 4.66. The smallest absolute Gasteiger partial charge is 0.319 e. The number of carbonyl (C=O) groups is 1. The monoisotopic (exact) mass is 186 g/mol. The molecule has 1 saturated carbocycles. The van der Waals surface area contributed by atoms with Crippen LogP contribution in [0.1, 0.15) is 19.3 Å². The molecule has 1 fully saturated rings. The number of amides is 2. The predicted octanol–water partition coefficient (Wildman–Crippen LogP) is 0.513. The molecule has 1 N–H and O–H groups in total. The molecule has 13 heavy (non-hydrogen) atoms. The molecule has 1 rings (SSSR count). The minimum absolute atomic E-state index is 0.00917. The number of likely N-dealkylation sites (N-methyl/N-ethyl adjacent to an activating group) is 1. The van der Waals surface area contributed by atoms with Gasteiger partial charge in [0.1, 0.15) is 0 Å². The summed E-state index contributed by atoms with van der Waals surface area (Å²) in [6, 6.07) is -0.0270. The highest BCUT2D eigenvalue weighted by molar-refractivity contribution is 5.73. The highest BCUT2D eigenvalue weighted by atomic mass is 16.3. The molecule has 0 aromatic heterocycles. The van der Waals surface area contributed by atoms with Crippen molar-refractivity contribution in [1.29, 1.82) is 0 Å². The summed E-state index contributed by atoms with van der Waals surface area (Å²) in [4.78, 5) is 14.7. The lowest BCUT2D eigenvalue weighted by atomic mass is 10.2. The van der Waals surface area contributed by atoms with E-state index in [1.54, 1.807) is 26.0 Å². The summed E-state index contributed by atoms with van der Waals surface area (Å²) >= 11 is 0. The lowest BCUT2D eigenvalue weighted by molar-refractivity contribution is 0.0892. The summed E-state index contributed by atoms with van der Waals surface area (Å²) in [6.45, 7) is 0. The zero-order chi connectivity index (χ0) is 10.0. The minimum Gasteiger partial charge on any atom is -0.391 e. The van der Waals surface area contributed by atoms with Crippen molar-refractivity contribution < 1.29 is 9.90 Å². The van der Waals surface area contributed by atoms with Gasteiger partial charge in [-0.25, -0.2) is 4.79 Å². The average molecular weight is 186 g/mol. The second-order valence-corrected chi connectivity index (χ2v) is 3.85. The molecule has 2 amide bonds. The van der Waals surface area contributed by atoms with Gasteiger partial charge in [-0.15, -0.1) is 0 Å². The number of hydrogen-bond acceptors (Lipinski definition) is 2. The van der Waals surface area contributed by atoms with E-state index in [1.807, 2.05) is 0 Å². The second kappa shape index (κ2) is 3.96. The molecule has 4 heteroatoms. The van der Waals surface area contributed by atoms with E-state index in [0.717, 1.165) is 19.3 Å². The fraction of sp³-hybridized carbons (Fsp3) is 0.889. The van der Waals surface area contributed by atoms with E-state index in [9.17, 15) is 9.90 Å². The quantitative estimate of drug-likeness (QED) is 0.648. The van der Waals surface area contributed by atoms with Crippen LogP contribution in [0.15, 0.2) is 0 Å². The Bertz CT molecular complexity index is 194. The maximum Gasteiger partial charge on any atom is 0.319 e. The summed E-state index contributed by atoms with van der Waals surface area (Å²) in [5, 5.41) is 9.58. The van der Waals surface area contributed by atoms with Crippen LogP contribution in [0.25, 0.3) is 0 Å². The molecular weight excluding hydrogens is 168 g/mol. The number of aliphatic hydroxyl groups excluding tert-OH is 1. The van der Waals surface area contributed by atoms with Crippen molar-refractivity contribution in [2.45, 2.75) is 31.4 Å². The molecule has 76 valence electrons. The van der Waals surface area contributed by atoms with Gasteiger partial charge in [0, 0.05) is 21.1 Å². The normalized spacial score (nSPS) is 27.4. The van der Waals surface area contributed by atoms with E-state index >= 15 is 0 Å². The third kappa shape index (κ3) is 2.12. The molecule has 0 spiro atoms. The molecule has 0 unspecified atom stereocenters. The first-order valence-electron chi connectivity index (χ1n) is 4.66. The molecule has 0 bridgehead atoms. The predicted molar refractivity (Wildman–Crippen MR) is 50.5 cm³/mol. The van der Waals surface area contributed by atoms with Crippen molar-refractivity contribution in [3.63, 3.8) is 0 Å². The Kier molecular flexibility index (Phi) is 3.14. The van der Waals surface area contributed by atoms with E-state index in [4.69, 9.17) is 0 Å². The zero-order valence-electron chi connectivity index (χ0n) is 8.53. The molecule has 0 aromatic carbocycles. The van der Waals surface area contributed by atoms with Gasteiger partial charge >= 0.3 is 6.03 Å². The van der Waals surface area contributed by atoms with E-state index < -0.39 is 0 Å². The van der Waals surface area contributed by atoms with Crippen molar-refractivity contribution in [3.8, 4) is 0 Å². The summed E-state index contributed by atoms with van der Waals surface area (Å²) in [5.74, 6) is 0. The fourth-order valence-electron chi connectivity index (χ4n) is 1.83. The van der Waals surface area contributed by atoms with Gasteiger partial charge in [-0.1, -0.05) is 0 Å². The van der Waals surface area contributed by atoms with Crippen LogP contribution in [0.3, 0.4) is 0 Å². The molecule has 1 aliphatic carbocycles. The second-order valence-electron chi connectivity index (χ2n) is 3.85. The Labute approximate surface area is 79.1 Å². The van der Waals surface area contributed by atoms with Gasteiger partial charge in [0.2, 0.25) is 0 Å². The Balaban J connectivity index is 2.56. The topological polar surface area (TPSA) is 43.8 Å². The van der Waals surface area contributed by atoms with Crippen molar-refractivity contribution in [1.82, 2.24) is 9.80 Å². The molecule has 0 aromatic rings. The van der Waals surface area contributed by atoms with Gasteiger partial charge in [0.25, 0.3) is 0 Å². The highest BCUT2D eigenvalue weighted by Crippen LogP contribution is 2.23. The molecule has 1 aliphatic rings. The maximum atomic E-state index is 11.5. The standard InChI is InChI=1S/C9H18N2O2/c1-10(2)9(13)11(3)7-5-4-6-8(7)12/h7-8,12H,4-6H2,1-3H3/t7-,8-/m1/s1. The van der Waals surface area contributed by atoms with Gasteiger partial charge in [-0.3, -0.25) is 0 Å². The molecule has 0 saturated heterocycles. The number of carbonyl (C=O) groups excluding carboxylic acids is 1. The lowest BCUT2D eigenvalue weighted by Gasteiger charge is -2.29. The van der Waals surface area contributed by atoms with Crippen molar-refractivity contribution in [2.24, 2.45) is 0 Å². The summed E-state index contributed by atoms with van der Waals surface area (Å²) in [7, 11) is 5.20. The third-order valence-electron chi connectivity index (χ3n) is 2.63. The first kappa shape index (κ1) is 10.3. The Hall–Kier alpha value is -0.770. The Morgan fingerprint density at radius 1 is 1.31 bits per heavy atom. The van der Waals surface area contributed by atoms with E-state index in [2.05, 4.69) is 0 Å². The van der Waals surface area contributed by atoms with Crippen LogP contribution in [0, 0.1) is 0 Å². The lowest BCUT2D eigenvalue weighted by Crippen LogP contribution is -2.46. The van der Waals surface area contributed by atoms with E-state index in [1.165, 1.54) is 4.90 Å². The molecular formula is C9H18N2O2. The van der Waals surface area contributed by atoms with Crippen LogP contribution >= 0.6 is 0 Å². The average Bonchev–Trinajstić information content (AvgIpc) is 2.48. The van der Waals surface area contributed by atoms with Crippen molar-refractivity contribution in [3.05, 3.63) is 0 Å². The van der Waals surface area contributed by atoms with Gasteiger partial charge in [-0.05, 0) is 19.3 Å². The first-order chi connectivity index (χ1) is 6.04. The van der Waals surface area contributed by atoms with E-state index in [0.29, 0.717) is 0 Å². The molecule has 2 atom stereocenters. The summed E-state index contributed by atoms with van der Waals surface area (Å²) < 4.78 is 0. The van der Waals surface area contributed by atoms with Crippen LogP contribution in [0.4, 0.5) is 4.79 Å². The largest absolute Gasteiger partial charge is 0.391 e. The fourth-order valence-corrected chi connectivity index (χ4v) is 1.83. The molecule has 0 heterocycles.